The molecule has 0 unspecified atom stereocenters. The molecule has 1 N–H and O–H groups in total. The molecule has 2 aromatic carbocycles. The Bertz CT molecular complexity index is 878. The van der Waals surface area contributed by atoms with Crippen LogP contribution in [0.25, 0.3) is 10.9 Å². The summed E-state index contributed by atoms with van der Waals surface area (Å²) in [4.78, 5) is 12.4. The van der Waals surface area contributed by atoms with Crippen LogP contribution in [0.1, 0.15) is 6.92 Å². The molecular formula is C18H16FN2OS+. The molecule has 1 heterocycles. The highest BCUT2D eigenvalue weighted by molar-refractivity contribution is 8.13. The number of carbonyl (C=O) groups is 1. The van der Waals surface area contributed by atoms with E-state index in [9.17, 15) is 9.18 Å². The fourth-order valence-electron chi connectivity index (χ4n) is 2.47. The van der Waals surface area contributed by atoms with E-state index in [1.807, 2.05) is 42.1 Å². The molecule has 116 valence electrons. The van der Waals surface area contributed by atoms with Crippen molar-refractivity contribution < 1.29 is 13.8 Å². The highest BCUT2D eigenvalue weighted by Gasteiger charge is 2.17. The number of hydrogen-bond donors (Lipinski definition) is 1. The summed E-state index contributed by atoms with van der Waals surface area (Å²) in [5.41, 5.74) is 2.67. The molecule has 0 fully saturated rings. The van der Waals surface area contributed by atoms with Crippen molar-refractivity contribution in [2.24, 2.45) is 7.05 Å². The van der Waals surface area contributed by atoms with Gasteiger partial charge in [-0.2, -0.15) is 4.57 Å². The second-order valence-electron chi connectivity index (χ2n) is 5.22. The second kappa shape index (κ2) is 6.38. The summed E-state index contributed by atoms with van der Waals surface area (Å²) in [6.07, 6.45) is 1.93. The molecule has 3 nitrogen and oxygen atoms in total. The predicted octanol–water partition coefficient (Wildman–Crippen LogP) is 4.19. The van der Waals surface area contributed by atoms with Gasteiger partial charge in [0.1, 0.15) is 17.8 Å². The zero-order chi connectivity index (χ0) is 16.4. The number of aryl methyl sites for hydroxylation is 1. The number of anilines is 2. The van der Waals surface area contributed by atoms with Gasteiger partial charge in [0.15, 0.2) is 11.3 Å². The first-order valence-electron chi connectivity index (χ1n) is 7.17. The average molecular weight is 327 g/mol. The van der Waals surface area contributed by atoms with E-state index in [1.165, 1.54) is 23.9 Å². The summed E-state index contributed by atoms with van der Waals surface area (Å²) in [7, 11) is 1.95. The number of thioether (sulfide) groups is 1. The quantitative estimate of drug-likeness (QED) is 0.578. The van der Waals surface area contributed by atoms with Gasteiger partial charge in [0.05, 0.1) is 11.1 Å². The zero-order valence-electron chi connectivity index (χ0n) is 12.8. The number of para-hydroxylation sites is 1. The summed E-state index contributed by atoms with van der Waals surface area (Å²) < 4.78 is 15.1. The first-order valence-corrected chi connectivity index (χ1v) is 7.98. The highest BCUT2D eigenvalue weighted by atomic mass is 32.2. The van der Waals surface area contributed by atoms with Gasteiger partial charge in [-0.3, -0.25) is 4.79 Å². The lowest BCUT2D eigenvalue weighted by Crippen LogP contribution is -2.29. The number of fused-ring (bicyclic) bond motifs is 1. The van der Waals surface area contributed by atoms with Crippen molar-refractivity contribution in [2.75, 3.05) is 5.32 Å². The van der Waals surface area contributed by atoms with Gasteiger partial charge in [-0.15, -0.1) is 0 Å². The van der Waals surface area contributed by atoms with Gasteiger partial charge >= 0.3 is 0 Å². The van der Waals surface area contributed by atoms with Crippen molar-refractivity contribution in [3.63, 3.8) is 0 Å². The molecule has 0 aliphatic rings. The van der Waals surface area contributed by atoms with Crippen molar-refractivity contribution >= 4 is 39.2 Å². The van der Waals surface area contributed by atoms with Gasteiger partial charge in [-0.05, 0) is 42.1 Å². The van der Waals surface area contributed by atoms with E-state index in [0.29, 0.717) is 0 Å². The van der Waals surface area contributed by atoms with E-state index in [0.717, 1.165) is 27.2 Å². The molecule has 0 spiro atoms. The number of pyridine rings is 1. The van der Waals surface area contributed by atoms with Crippen LogP contribution < -0.4 is 9.88 Å². The van der Waals surface area contributed by atoms with Crippen molar-refractivity contribution in [1.29, 1.82) is 0 Å². The van der Waals surface area contributed by atoms with Crippen LogP contribution in [0, 0.1) is 5.82 Å². The molecule has 0 radical (unpaired) electrons. The van der Waals surface area contributed by atoms with E-state index in [-0.39, 0.29) is 10.9 Å². The van der Waals surface area contributed by atoms with Gasteiger partial charge < -0.3 is 5.32 Å². The molecule has 0 aliphatic heterocycles. The third-order valence-electron chi connectivity index (χ3n) is 3.48. The van der Waals surface area contributed by atoms with Crippen molar-refractivity contribution in [3.8, 4) is 0 Å². The van der Waals surface area contributed by atoms with Crippen molar-refractivity contribution in [3.05, 3.63) is 60.5 Å². The fourth-order valence-corrected chi connectivity index (χ4v) is 3.26. The van der Waals surface area contributed by atoms with Crippen molar-refractivity contribution in [1.82, 2.24) is 0 Å². The van der Waals surface area contributed by atoms with Crippen LogP contribution in [0.15, 0.2) is 59.6 Å². The maximum absolute atomic E-state index is 13.1. The molecule has 0 atom stereocenters. The average Bonchev–Trinajstić information content (AvgIpc) is 2.52. The third kappa shape index (κ3) is 3.35. The van der Waals surface area contributed by atoms with Crippen LogP contribution >= 0.6 is 11.8 Å². The van der Waals surface area contributed by atoms with Gasteiger partial charge in [0.25, 0.3) is 0 Å². The topological polar surface area (TPSA) is 33.0 Å². The summed E-state index contributed by atoms with van der Waals surface area (Å²) in [5, 5.41) is 4.34. The monoisotopic (exact) mass is 327 g/mol. The van der Waals surface area contributed by atoms with E-state index in [2.05, 4.69) is 5.32 Å². The first-order chi connectivity index (χ1) is 11.0. The van der Waals surface area contributed by atoms with E-state index in [1.54, 1.807) is 19.1 Å². The minimum Gasteiger partial charge on any atom is -0.354 e. The Labute approximate surface area is 138 Å². The van der Waals surface area contributed by atoms with Crippen LogP contribution in [0.2, 0.25) is 0 Å². The lowest BCUT2D eigenvalue weighted by Gasteiger charge is -2.12. The minimum absolute atomic E-state index is 0.0161. The summed E-state index contributed by atoms with van der Waals surface area (Å²) in [6, 6.07) is 14.1. The lowest BCUT2D eigenvalue weighted by molar-refractivity contribution is -0.646. The van der Waals surface area contributed by atoms with Gasteiger partial charge in [-0.1, -0.05) is 12.1 Å². The normalized spacial score (nSPS) is 10.7. The number of hydrogen-bond acceptors (Lipinski definition) is 3. The number of halogens is 1. The Morgan fingerprint density at radius 1 is 1.13 bits per heavy atom. The molecule has 0 bridgehead atoms. The van der Waals surface area contributed by atoms with E-state index in [4.69, 9.17) is 0 Å². The summed E-state index contributed by atoms with van der Waals surface area (Å²) in [6.45, 7) is 1.54. The van der Waals surface area contributed by atoms with E-state index >= 15 is 0 Å². The molecule has 0 saturated heterocycles. The number of nitrogens with zero attached hydrogens (tertiary/aromatic N) is 1. The maximum atomic E-state index is 13.1. The van der Waals surface area contributed by atoms with Gasteiger partial charge in [0.2, 0.25) is 5.52 Å². The maximum Gasteiger partial charge on any atom is 0.214 e. The number of carbonyl (C=O) groups excluding carboxylic acids is 1. The molecule has 5 heteroatoms. The van der Waals surface area contributed by atoms with Crippen LogP contribution in [0.3, 0.4) is 0 Å². The lowest BCUT2D eigenvalue weighted by atomic mass is 10.1. The first kappa shape index (κ1) is 15.5. The minimum atomic E-state index is -0.279. The van der Waals surface area contributed by atoms with E-state index < -0.39 is 0 Å². The highest BCUT2D eigenvalue weighted by Crippen LogP contribution is 2.34. The van der Waals surface area contributed by atoms with Crippen molar-refractivity contribution in [2.45, 2.75) is 11.8 Å². The van der Waals surface area contributed by atoms with Gasteiger partial charge in [0, 0.05) is 18.7 Å². The molecule has 0 amide bonds. The molecule has 3 aromatic rings. The predicted molar refractivity (Wildman–Crippen MR) is 91.3 cm³/mol. The number of nitrogens with one attached hydrogen (secondary N) is 1. The number of benzene rings is 2. The molecule has 3 rings (SSSR count). The number of aromatic nitrogens is 1. The van der Waals surface area contributed by atoms with Crippen LogP contribution in [0.5, 0.6) is 0 Å². The summed E-state index contributed by atoms with van der Waals surface area (Å²) >= 11 is 1.18. The zero-order valence-corrected chi connectivity index (χ0v) is 13.7. The van der Waals surface area contributed by atoms with Crippen LogP contribution in [-0.2, 0) is 11.8 Å². The Morgan fingerprint density at radius 2 is 1.83 bits per heavy atom. The van der Waals surface area contributed by atoms with Gasteiger partial charge in [-0.25, -0.2) is 4.39 Å². The van der Waals surface area contributed by atoms with Crippen LogP contribution in [-0.4, -0.2) is 5.12 Å². The summed E-state index contributed by atoms with van der Waals surface area (Å²) in [5.74, 6) is -0.279. The Balaban J connectivity index is 2.16. The second-order valence-corrected chi connectivity index (χ2v) is 6.44. The largest absolute Gasteiger partial charge is 0.354 e. The molecule has 0 saturated carbocycles. The Hall–Kier alpha value is -2.40. The fraction of sp³-hybridized carbons (Fsp3) is 0.111. The molecular weight excluding hydrogens is 311 g/mol. The standard InChI is InChI=1S/C18H15FN2OS/c1-12(22)23-17-11-21(2)16-6-4-3-5-15(16)18(17)20-14-9-7-13(19)8-10-14/h3-11H,1-2H3/p+1. The Kier molecular flexibility index (Phi) is 4.30. The Morgan fingerprint density at radius 3 is 2.52 bits per heavy atom. The van der Waals surface area contributed by atoms with Crippen LogP contribution in [0.4, 0.5) is 15.8 Å². The molecule has 0 aliphatic carbocycles. The third-order valence-corrected chi connectivity index (χ3v) is 4.29. The molecule has 23 heavy (non-hydrogen) atoms. The number of rotatable bonds is 3. The smallest absolute Gasteiger partial charge is 0.214 e. The molecule has 1 aromatic heterocycles. The SMILES string of the molecule is CC(=O)Sc1c[n+](C)c2ccccc2c1Nc1ccc(F)cc1.